The molecule has 1 saturated heterocycles. The molecule has 0 spiro atoms. The molecule has 1 aromatic carbocycles. The average molecular weight is 276 g/mol. The predicted octanol–water partition coefficient (Wildman–Crippen LogP) is 3.07. The van der Waals surface area contributed by atoms with Crippen LogP contribution in [-0.4, -0.2) is 26.2 Å². The summed E-state index contributed by atoms with van der Waals surface area (Å²) in [6.07, 6.45) is 3.50. The number of nitrogen functional groups attached to an aromatic ring is 1. The van der Waals surface area contributed by atoms with Crippen LogP contribution in [0.5, 0.6) is 0 Å². The van der Waals surface area contributed by atoms with E-state index in [1.54, 1.807) is 6.07 Å². The molecule has 0 radical (unpaired) electrons. The molecule has 110 valence electrons. The number of esters is 1. The van der Waals surface area contributed by atoms with Gasteiger partial charge in [-0.25, -0.2) is 4.79 Å². The van der Waals surface area contributed by atoms with E-state index < -0.39 is 0 Å². The van der Waals surface area contributed by atoms with Gasteiger partial charge in [0.2, 0.25) is 0 Å². The third-order valence-corrected chi connectivity index (χ3v) is 4.17. The summed E-state index contributed by atoms with van der Waals surface area (Å²) < 4.78 is 4.78. The first-order valence-corrected chi connectivity index (χ1v) is 7.16. The number of carbonyl (C=O) groups is 1. The minimum atomic E-state index is -0.375. The lowest BCUT2D eigenvalue weighted by Crippen LogP contribution is -2.26. The van der Waals surface area contributed by atoms with Gasteiger partial charge in [0, 0.05) is 13.1 Å². The number of ether oxygens (including phenoxy) is 1. The summed E-state index contributed by atoms with van der Waals surface area (Å²) in [5.41, 5.74) is 8.47. The minimum Gasteiger partial charge on any atom is -0.465 e. The van der Waals surface area contributed by atoms with Crippen LogP contribution in [0.1, 0.15) is 43.5 Å². The molecule has 20 heavy (non-hydrogen) atoms. The summed E-state index contributed by atoms with van der Waals surface area (Å²) in [5.74, 6) is -0.375. The van der Waals surface area contributed by atoms with Crippen molar-refractivity contribution >= 4 is 17.3 Å². The molecule has 0 unspecified atom stereocenters. The smallest absolute Gasteiger partial charge is 0.340 e. The van der Waals surface area contributed by atoms with E-state index in [1.807, 2.05) is 12.1 Å². The first kappa shape index (κ1) is 14.7. The minimum absolute atomic E-state index is 0.375. The van der Waals surface area contributed by atoms with Gasteiger partial charge >= 0.3 is 5.97 Å². The standard InChI is InChI=1S/C16H24N2O2/c1-16(2)8-5-10-18(11-9-16)13-7-4-6-12(14(13)17)15(19)20-3/h4,6-7H,5,8-11,17H2,1-3H3. The van der Waals surface area contributed by atoms with Crippen molar-refractivity contribution in [1.82, 2.24) is 0 Å². The highest BCUT2D eigenvalue weighted by molar-refractivity contribution is 5.98. The van der Waals surface area contributed by atoms with E-state index in [0.29, 0.717) is 16.7 Å². The molecule has 4 heteroatoms. The molecule has 1 aromatic rings. The van der Waals surface area contributed by atoms with Gasteiger partial charge in [-0.1, -0.05) is 19.9 Å². The van der Waals surface area contributed by atoms with Crippen molar-refractivity contribution in [3.63, 3.8) is 0 Å². The fourth-order valence-corrected chi connectivity index (χ4v) is 2.78. The van der Waals surface area contributed by atoms with Crippen LogP contribution in [0.3, 0.4) is 0 Å². The van der Waals surface area contributed by atoms with E-state index in [1.165, 1.54) is 13.5 Å². The molecule has 1 heterocycles. The largest absolute Gasteiger partial charge is 0.465 e. The maximum absolute atomic E-state index is 11.7. The average Bonchev–Trinajstić information content (AvgIpc) is 2.59. The maximum Gasteiger partial charge on any atom is 0.340 e. The van der Waals surface area contributed by atoms with Gasteiger partial charge in [-0.3, -0.25) is 0 Å². The Balaban J connectivity index is 2.27. The van der Waals surface area contributed by atoms with Crippen LogP contribution in [-0.2, 0) is 4.74 Å². The Hall–Kier alpha value is -1.71. The van der Waals surface area contributed by atoms with E-state index in [4.69, 9.17) is 10.5 Å². The van der Waals surface area contributed by atoms with Gasteiger partial charge in [-0.15, -0.1) is 0 Å². The Morgan fingerprint density at radius 1 is 1.30 bits per heavy atom. The zero-order chi connectivity index (χ0) is 14.8. The lowest BCUT2D eigenvalue weighted by Gasteiger charge is -2.26. The molecular weight excluding hydrogens is 252 g/mol. The third-order valence-electron chi connectivity index (χ3n) is 4.17. The van der Waals surface area contributed by atoms with Crippen molar-refractivity contribution < 1.29 is 9.53 Å². The van der Waals surface area contributed by atoms with Gasteiger partial charge in [0.05, 0.1) is 24.0 Å². The lowest BCUT2D eigenvalue weighted by atomic mass is 9.85. The highest BCUT2D eigenvalue weighted by Crippen LogP contribution is 2.34. The monoisotopic (exact) mass is 276 g/mol. The van der Waals surface area contributed by atoms with Gasteiger partial charge in [-0.05, 0) is 36.8 Å². The summed E-state index contributed by atoms with van der Waals surface area (Å²) in [4.78, 5) is 14.0. The Morgan fingerprint density at radius 3 is 2.75 bits per heavy atom. The molecule has 0 amide bonds. The Bertz CT molecular complexity index is 497. The van der Waals surface area contributed by atoms with Crippen molar-refractivity contribution in [3.05, 3.63) is 23.8 Å². The normalized spacial score (nSPS) is 18.4. The summed E-state index contributed by atoms with van der Waals surface area (Å²) >= 11 is 0. The van der Waals surface area contributed by atoms with Crippen LogP contribution in [0.2, 0.25) is 0 Å². The van der Waals surface area contributed by atoms with Crippen LogP contribution >= 0.6 is 0 Å². The Labute approximate surface area is 120 Å². The highest BCUT2D eigenvalue weighted by atomic mass is 16.5. The fraction of sp³-hybridized carbons (Fsp3) is 0.562. The van der Waals surface area contributed by atoms with Crippen molar-refractivity contribution in [2.45, 2.75) is 33.1 Å². The molecule has 1 aliphatic heterocycles. The zero-order valence-electron chi connectivity index (χ0n) is 12.6. The van der Waals surface area contributed by atoms with Crippen molar-refractivity contribution in [2.75, 3.05) is 30.8 Å². The lowest BCUT2D eigenvalue weighted by molar-refractivity contribution is 0.0602. The van der Waals surface area contributed by atoms with Crippen LogP contribution in [0, 0.1) is 5.41 Å². The van der Waals surface area contributed by atoms with Crippen LogP contribution in [0.25, 0.3) is 0 Å². The van der Waals surface area contributed by atoms with Crippen LogP contribution < -0.4 is 10.6 Å². The first-order valence-electron chi connectivity index (χ1n) is 7.16. The van der Waals surface area contributed by atoms with Crippen LogP contribution in [0.4, 0.5) is 11.4 Å². The van der Waals surface area contributed by atoms with E-state index in [0.717, 1.165) is 31.6 Å². The number of hydrogen-bond donors (Lipinski definition) is 1. The number of rotatable bonds is 2. The Kier molecular flexibility index (Phi) is 4.21. The number of anilines is 2. The molecule has 0 atom stereocenters. The van der Waals surface area contributed by atoms with Gasteiger partial charge in [0.25, 0.3) is 0 Å². The summed E-state index contributed by atoms with van der Waals surface area (Å²) in [6.45, 7) is 6.58. The molecule has 0 aromatic heterocycles. The Morgan fingerprint density at radius 2 is 2.05 bits per heavy atom. The first-order chi connectivity index (χ1) is 9.44. The topological polar surface area (TPSA) is 55.6 Å². The van der Waals surface area contributed by atoms with E-state index >= 15 is 0 Å². The highest BCUT2D eigenvalue weighted by Gasteiger charge is 2.25. The SMILES string of the molecule is COC(=O)c1cccc(N2CCCC(C)(C)CC2)c1N. The predicted molar refractivity (Wildman–Crippen MR) is 82.0 cm³/mol. The maximum atomic E-state index is 11.7. The molecule has 2 N–H and O–H groups in total. The fourth-order valence-electron chi connectivity index (χ4n) is 2.78. The molecule has 4 nitrogen and oxygen atoms in total. The number of carbonyl (C=O) groups excluding carboxylic acids is 1. The van der Waals surface area contributed by atoms with E-state index in [2.05, 4.69) is 18.7 Å². The number of benzene rings is 1. The summed E-state index contributed by atoms with van der Waals surface area (Å²) in [6, 6.07) is 5.57. The van der Waals surface area contributed by atoms with E-state index in [-0.39, 0.29) is 5.97 Å². The number of nitrogens with zero attached hydrogens (tertiary/aromatic N) is 1. The third kappa shape index (κ3) is 3.06. The molecule has 0 saturated carbocycles. The van der Waals surface area contributed by atoms with Gasteiger partial charge in [0.1, 0.15) is 0 Å². The summed E-state index contributed by atoms with van der Waals surface area (Å²) in [5, 5.41) is 0. The second kappa shape index (κ2) is 5.73. The van der Waals surface area contributed by atoms with Crippen molar-refractivity contribution in [1.29, 1.82) is 0 Å². The number of methoxy groups -OCH3 is 1. The molecule has 0 bridgehead atoms. The van der Waals surface area contributed by atoms with Crippen molar-refractivity contribution in [3.8, 4) is 0 Å². The zero-order valence-corrected chi connectivity index (χ0v) is 12.6. The van der Waals surface area contributed by atoms with E-state index in [9.17, 15) is 4.79 Å². The van der Waals surface area contributed by atoms with Crippen LogP contribution in [0.15, 0.2) is 18.2 Å². The van der Waals surface area contributed by atoms with Gasteiger partial charge in [0.15, 0.2) is 0 Å². The number of hydrogen-bond acceptors (Lipinski definition) is 4. The molecule has 0 aliphatic carbocycles. The quantitative estimate of drug-likeness (QED) is 0.666. The molecule has 1 fully saturated rings. The summed E-state index contributed by atoms with van der Waals surface area (Å²) in [7, 11) is 1.38. The van der Waals surface area contributed by atoms with Gasteiger partial charge in [-0.2, -0.15) is 0 Å². The van der Waals surface area contributed by atoms with Crippen molar-refractivity contribution in [2.24, 2.45) is 5.41 Å². The number of nitrogens with two attached hydrogens (primary N) is 1. The molecule has 2 rings (SSSR count). The molecular formula is C16H24N2O2. The second-order valence-corrected chi connectivity index (χ2v) is 6.23. The second-order valence-electron chi connectivity index (χ2n) is 6.23. The number of para-hydroxylation sites is 1. The van der Waals surface area contributed by atoms with Gasteiger partial charge < -0.3 is 15.4 Å². The molecule has 1 aliphatic rings.